The van der Waals surface area contributed by atoms with Crippen LogP contribution in [-0.4, -0.2) is 131 Å². The van der Waals surface area contributed by atoms with Gasteiger partial charge in [-0.15, -0.1) is 0 Å². The van der Waals surface area contributed by atoms with Crippen molar-refractivity contribution >= 4 is 41.3 Å². The first-order chi connectivity index (χ1) is 39.1. The zero-order valence-electron chi connectivity index (χ0n) is 49.5. The van der Waals surface area contributed by atoms with Crippen LogP contribution in [0.2, 0.25) is 0 Å². The van der Waals surface area contributed by atoms with Gasteiger partial charge in [-0.25, -0.2) is 9.59 Å². The van der Waals surface area contributed by atoms with Gasteiger partial charge < -0.3 is 44.5 Å². The number of hydrogen-bond donors (Lipinski definition) is 4. The Bertz CT molecular complexity index is 2600. The first-order valence-electron chi connectivity index (χ1n) is 29.8. The molecular weight excluding hydrogens is 1040 g/mol. The average molecular weight is 1140 g/mol. The number of piperidine rings is 1. The molecule has 0 aromatic heterocycles. The second-order valence-electron chi connectivity index (χ2n) is 23.8. The second-order valence-corrected chi connectivity index (χ2v) is 23.8. The molecule has 4 N–H and O–H groups in total. The van der Waals surface area contributed by atoms with E-state index in [-0.39, 0.29) is 105 Å². The largest absolute Gasteiger partial charge is 0.461 e. The molecule has 2 aromatic carbocycles. The molecule has 2 aromatic rings. The highest BCUT2D eigenvalue weighted by Gasteiger charge is 2.41. The SMILES string of the molecule is CO[C@H]1C[C@@H](O)CC[C@@H](C)[C@H](O)C(=O)C(=O)N2CCCC[C@H]2C(=O)O[C@H]([C@H](C)CC2CCC(OC(=O)CNC(=O)OCC3c4ccccc4-c4ccccc43)CC2)CC(=O)[C@H](C)/C=C(\C)[C@@H](O)CC(=O)[C@H](C)C[C@H](C)/C=C/C=C/C=C/1C. The predicted octanol–water partition coefficient (Wildman–Crippen LogP) is 9.65. The summed E-state index contributed by atoms with van der Waals surface area (Å²) in [6, 6.07) is 14.9. The topological polar surface area (TPSA) is 232 Å². The van der Waals surface area contributed by atoms with Gasteiger partial charge in [0.25, 0.3) is 5.91 Å². The van der Waals surface area contributed by atoms with Crippen LogP contribution in [0.25, 0.3) is 11.1 Å². The molecule has 11 atom stereocenters. The van der Waals surface area contributed by atoms with Crippen molar-refractivity contribution in [3.05, 3.63) is 107 Å². The average Bonchev–Trinajstić information content (AvgIpc) is 3.75. The molecule has 6 rings (SSSR count). The van der Waals surface area contributed by atoms with Crippen molar-refractivity contribution < 1.29 is 67.8 Å². The van der Waals surface area contributed by atoms with Gasteiger partial charge in [0.1, 0.15) is 49.1 Å². The number of Topliss-reactive ketones (excluding diaryl/α,β-unsaturated/α-hetero) is 3. The van der Waals surface area contributed by atoms with E-state index in [0.717, 1.165) is 27.8 Å². The van der Waals surface area contributed by atoms with Gasteiger partial charge in [-0.05, 0) is 142 Å². The molecule has 1 saturated carbocycles. The summed E-state index contributed by atoms with van der Waals surface area (Å²) in [5, 5.41) is 36.0. The van der Waals surface area contributed by atoms with E-state index in [1.165, 1.54) is 4.90 Å². The monoisotopic (exact) mass is 1130 g/mol. The number of aliphatic hydroxyl groups excluding tert-OH is 3. The molecule has 82 heavy (non-hydrogen) atoms. The van der Waals surface area contributed by atoms with E-state index in [0.29, 0.717) is 56.9 Å². The molecule has 2 aliphatic heterocycles. The number of rotatable bonds is 9. The first-order valence-corrected chi connectivity index (χ1v) is 29.8. The number of hydrogen-bond acceptors (Lipinski definition) is 14. The number of amides is 2. The van der Waals surface area contributed by atoms with Crippen LogP contribution in [0.3, 0.4) is 0 Å². The van der Waals surface area contributed by atoms with Crippen molar-refractivity contribution in [3.8, 4) is 11.1 Å². The van der Waals surface area contributed by atoms with E-state index in [1.54, 1.807) is 34.0 Å². The Hall–Kier alpha value is -6.07. The van der Waals surface area contributed by atoms with Crippen molar-refractivity contribution in [1.29, 1.82) is 0 Å². The number of benzene rings is 2. The number of allylic oxidation sites excluding steroid dienone is 6. The molecule has 0 radical (unpaired) electrons. The van der Waals surface area contributed by atoms with Crippen LogP contribution >= 0.6 is 0 Å². The van der Waals surface area contributed by atoms with Crippen molar-refractivity contribution in [2.75, 3.05) is 26.8 Å². The normalized spacial score (nSPS) is 31.7. The molecule has 2 fully saturated rings. The van der Waals surface area contributed by atoms with Crippen molar-refractivity contribution in [2.45, 2.75) is 187 Å². The fraction of sp³-hybridized carbons (Fsp3) is 0.591. The van der Waals surface area contributed by atoms with Crippen LogP contribution in [-0.2, 0) is 47.7 Å². The third-order valence-electron chi connectivity index (χ3n) is 17.3. The van der Waals surface area contributed by atoms with Crippen LogP contribution < -0.4 is 5.32 Å². The van der Waals surface area contributed by atoms with E-state index in [1.807, 2.05) is 94.5 Å². The van der Waals surface area contributed by atoms with Gasteiger partial charge >= 0.3 is 18.0 Å². The van der Waals surface area contributed by atoms with Crippen molar-refractivity contribution in [3.63, 3.8) is 0 Å². The standard InChI is InChI=1S/C66H90N2O14/c1-40-18-10-9-11-19-41(2)59(79-8)35-48(69)28-25-42(3)62(74)63(75)64(76)68-31-17-16-24-55(68)65(77)82-60(37-58(72)45(6)33-44(5)57(71)36-56(70)43(4)32-40)46(7)34-47-26-29-49(30-27-47)81-61(73)38-67-66(78)80-39-54-52-22-14-12-20-50(52)51-21-13-15-23-53(51)54/h9-15,18-23,33,40,42-43,45-49,54-55,57,59-60,62,69,71,74H,16-17,24-32,34-39H2,1-8H3,(H,67,78)/b11-9+,18-10+,41-19+,44-33+/t40-,42-,43-,45-,46-,47?,48+,49?,55+,57+,59+,60+,62+/m1/s1. The van der Waals surface area contributed by atoms with Crippen molar-refractivity contribution in [1.82, 2.24) is 10.2 Å². The molecule has 0 spiro atoms. The Balaban J connectivity index is 1.10. The molecule has 2 heterocycles. The van der Waals surface area contributed by atoms with Gasteiger partial charge in [-0.3, -0.25) is 24.0 Å². The Morgan fingerprint density at radius 3 is 2.12 bits per heavy atom. The third kappa shape index (κ3) is 18.5. The lowest BCUT2D eigenvalue weighted by Crippen LogP contribution is -2.54. The van der Waals surface area contributed by atoms with Crippen LogP contribution in [0.5, 0.6) is 0 Å². The molecule has 1 saturated heterocycles. The highest BCUT2D eigenvalue weighted by atomic mass is 16.6. The summed E-state index contributed by atoms with van der Waals surface area (Å²) in [5.74, 6) is -5.82. The summed E-state index contributed by atoms with van der Waals surface area (Å²) < 4.78 is 23.4. The molecule has 0 unspecified atom stereocenters. The maximum atomic E-state index is 14.4. The van der Waals surface area contributed by atoms with E-state index >= 15 is 0 Å². The molecule has 2 aliphatic carbocycles. The molecule has 448 valence electrons. The van der Waals surface area contributed by atoms with Gasteiger partial charge in [0.15, 0.2) is 0 Å². The summed E-state index contributed by atoms with van der Waals surface area (Å²) in [4.78, 5) is 96.6. The highest BCUT2D eigenvalue weighted by Crippen LogP contribution is 2.44. The smallest absolute Gasteiger partial charge is 0.407 e. The lowest BCUT2D eigenvalue weighted by Gasteiger charge is -2.36. The molecule has 2 amide bonds. The lowest BCUT2D eigenvalue weighted by molar-refractivity contribution is -0.167. The third-order valence-corrected chi connectivity index (χ3v) is 17.3. The predicted molar refractivity (Wildman–Crippen MR) is 312 cm³/mol. The Morgan fingerprint density at radius 2 is 1.45 bits per heavy atom. The lowest BCUT2D eigenvalue weighted by atomic mass is 9.79. The number of nitrogens with zero attached hydrogens (tertiary/aromatic N) is 1. The number of methoxy groups -OCH3 is 1. The number of carbonyl (C=O) groups is 7. The minimum Gasteiger partial charge on any atom is -0.461 e. The van der Waals surface area contributed by atoms with Crippen LogP contribution in [0.15, 0.2) is 96.1 Å². The number of ketones is 3. The number of carbonyl (C=O) groups excluding carboxylic acids is 7. The molecule has 0 bridgehead atoms. The summed E-state index contributed by atoms with van der Waals surface area (Å²) in [5.41, 5.74) is 5.71. The fourth-order valence-electron chi connectivity index (χ4n) is 12.1. The zero-order valence-corrected chi connectivity index (χ0v) is 49.5. The van der Waals surface area contributed by atoms with Crippen LogP contribution in [0.1, 0.15) is 155 Å². The number of aliphatic hydroxyl groups is 3. The molecule has 4 aliphatic rings. The van der Waals surface area contributed by atoms with Gasteiger partial charge in [-0.1, -0.05) is 120 Å². The number of cyclic esters (lactones) is 1. The molecular formula is C66H90N2O14. The number of nitrogens with one attached hydrogen (secondary N) is 1. The summed E-state index contributed by atoms with van der Waals surface area (Å²) >= 11 is 0. The Morgan fingerprint density at radius 1 is 0.780 bits per heavy atom. The summed E-state index contributed by atoms with van der Waals surface area (Å²) in [6.07, 6.45) is 10.4. The minimum atomic E-state index is -1.68. The Labute approximate surface area is 485 Å². The van der Waals surface area contributed by atoms with E-state index in [2.05, 4.69) is 17.4 Å². The number of ether oxygens (including phenoxy) is 4. The maximum absolute atomic E-state index is 14.4. The summed E-state index contributed by atoms with van der Waals surface area (Å²) in [7, 11) is 1.56. The van der Waals surface area contributed by atoms with Gasteiger partial charge in [-0.2, -0.15) is 0 Å². The highest BCUT2D eigenvalue weighted by molar-refractivity contribution is 6.38. The minimum absolute atomic E-state index is 0.0616. The van der Waals surface area contributed by atoms with E-state index in [4.69, 9.17) is 18.9 Å². The van der Waals surface area contributed by atoms with Crippen LogP contribution in [0, 0.1) is 35.5 Å². The quantitative estimate of drug-likeness (QED) is 0.0793. The maximum Gasteiger partial charge on any atom is 0.407 e. The van der Waals surface area contributed by atoms with Crippen molar-refractivity contribution in [2.24, 2.45) is 35.5 Å². The number of alkyl carbamates (subject to hydrolysis) is 1. The molecule has 16 nitrogen and oxygen atoms in total. The number of fused-ring (bicyclic) bond motifs is 4. The first kappa shape index (κ1) is 65.1. The van der Waals surface area contributed by atoms with Gasteiger partial charge in [0.05, 0.1) is 18.3 Å². The van der Waals surface area contributed by atoms with Crippen LogP contribution in [0.4, 0.5) is 4.79 Å². The van der Waals surface area contributed by atoms with Gasteiger partial charge in [0, 0.05) is 50.7 Å². The van der Waals surface area contributed by atoms with E-state index < -0.39 is 78.1 Å². The fourth-order valence-corrected chi connectivity index (χ4v) is 12.1. The Kier molecular flexibility index (Phi) is 25.0. The van der Waals surface area contributed by atoms with E-state index in [9.17, 15) is 48.9 Å². The van der Waals surface area contributed by atoms with Gasteiger partial charge in [0.2, 0.25) is 5.78 Å². The summed E-state index contributed by atoms with van der Waals surface area (Å²) in [6.45, 7) is 12.5. The number of esters is 2. The second kappa shape index (κ2) is 31.6. The zero-order chi connectivity index (χ0) is 59.6. The molecule has 16 heteroatoms.